The summed E-state index contributed by atoms with van der Waals surface area (Å²) in [5.74, 6) is 0.144. The molecule has 0 unspecified atom stereocenters. The Balaban J connectivity index is 5.32. The second-order valence-electron chi connectivity index (χ2n) is 5.89. The summed E-state index contributed by atoms with van der Waals surface area (Å²) in [6, 6.07) is 0. The molecule has 0 spiro atoms. The molecule has 82 valence electrons. The van der Waals surface area contributed by atoms with Crippen LogP contribution < -0.4 is 5.73 Å². The molecule has 0 aromatic rings. The van der Waals surface area contributed by atoms with E-state index in [0.717, 1.165) is 5.57 Å². The Labute approximate surface area is 87.6 Å². The molecule has 0 aliphatic carbocycles. The van der Waals surface area contributed by atoms with Gasteiger partial charge in [0.05, 0.1) is 0 Å². The molecule has 0 heterocycles. The van der Waals surface area contributed by atoms with Gasteiger partial charge in [-0.3, -0.25) is 4.79 Å². The monoisotopic (exact) mass is 197 g/mol. The first-order chi connectivity index (χ1) is 5.98. The van der Waals surface area contributed by atoms with E-state index in [2.05, 4.69) is 0 Å². The van der Waals surface area contributed by atoms with Crippen molar-refractivity contribution in [3.8, 4) is 0 Å². The summed E-state index contributed by atoms with van der Waals surface area (Å²) >= 11 is 0. The number of nitrogens with two attached hydrogens (primary N) is 1. The lowest BCUT2D eigenvalue weighted by Gasteiger charge is -2.28. The van der Waals surface area contributed by atoms with Crippen LogP contribution in [0.15, 0.2) is 11.3 Å². The van der Waals surface area contributed by atoms with E-state index in [1.165, 1.54) is 0 Å². The number of ketones is 1. The molecule has 14 heavy (non-hydrogen) atoms. The SMILES string of the molecule is C/C(N)=C(/C(=O)C(C)(C)C)C(C)(C)C. The third kappa shape index (κ3) is 3.17. The molecule has 0 bridgehead atoms. The lowest BCUT2D eigenvalue weighted by molar-refractivity contribution is -0.123. The minimum atomic E-state index is -0.358. The lowest BCUT2D eigenvalue weighted by atomic mass is 9.75. The number of rotatable bonds is 1. The van der Waals surface area contributed by atoms with Crippen LogP contribution in [0.1, 0.15) is 48.5 Å². The van der Waals surface area contributed by atoms with Crippen molar-refractivity contribution >= 4 is 5.78 Å². The zero-order valence-electron chi connectivity index (χ0n) is 10.5. The van der Waals surface area contributed by atoms with Gasteiger partial charge in [-0.2, -0.15) is 0 Å². The highest BCUT2D eigenvalue weighted by Crippen LogP contribution is 2.33. The fourth-order valence-electron chi connectivity index (χ4n) is 1.49. The molecule has 0 saturated carbocycles. The molecular weight excluding hydrogens is 174 g/mol. The van der Waals surface area contributed by atoms with E-state index in [4.69, 9.17) is 5.73 Å². The van der Waals surface area contributed by atoms with Crippen molar-refractivity contribution in [2.45, 2.75) is 48.5 Å². The fraction of sp³-hybridized carbons (Fsp3) is 0.750. The number of hydrogen-bond acceptors (Lipinski definition) is 2. The van der Waals surface area contributed by atoms with Gasteiger partial charge in [-0.25, -0.2) is 0 Å². The Hall–Kier alpha value is -0.790. The predicted molar refractivity (Wildman–Crippen MR) is 60.8 cm³/mol. The van der Waals surface area contributed by atoms with Gasteiger partial charge in [0.25, 0.3) is 0 Å². The maximum Gasteiger partial charge on any atom is 0.166 e. The molecule has 0 saturated heterocycles. The third-order valence-corrected chi connectivity index (χ3v) is 2.05. The Morgan fingerprint density at radius 1 is 0.929 bits per heavy atom. The Morgan fingerprint density at radius 2 is 1.29 bits per heavy atom. The second-order valence-corrected chi connectivity index (χ2v) is 5.89. The van der Waals surface area contributed by atoms with Crippen molar-refractivity contribution in [2.75, 3.05) is 0 Å². The van der Waals surface area contributed by atoms with E-state index in [-0.39, 0.29) is 16.6 Å². The van der Waals surface area contributed by atoms with Gasteiger partial charge in [-0.05, 0) is 12.3 Å². The highest BCUT2D eigenvalue weighted by atomic mass is 16.1. The van der Waals surface area contributed by atoms with Crippen molar-refractivity contribution in [3.63, 3.8) is 0 Å². The number of carbonyl (C=O) groups is 1. The average molecular weight is 197 g/mol. The molecule has 0 amide bonds. The first-order valence-corrected chi connectivity index (χ1v) is 4.99. The number of allylic oxidation sites excluding steroid dienone is 2. The van der Waals surface area contributed by atoms with Crippen LogP contribution in [0.25, 0.3) is 0 Å². The minimum absolute atomic E-state index is 0.144. The second kappa shape index (κ2) is 3.76. The molecule has 0 rings (SSSR count). The smallest absolute Gasteiger partial charge is 0.166 e. The van der Waals surface area contributed by atoms with Crippen LogP contribution in [0, 0.1) is 10.8 Å². The molecule has 0 aliphatic heterocycles. The van der Waals surface area contributed by atoms with Gasteiger partial charge in [0.1, 0.15) is 0 Å². The maximum atomic E-state index is 12.1. The normalized spacial score (nSPS) is 15.1. The molecule has 0 aromatic carbocycles. The van der Waals surface area contributed by atoms with Crippen molar-refractivity contribution < 1.29 is 4.79 Å². The molecule has 2 N–H and O–H groups in total. The number of hydrogen-bond donors (Lipinski definition) is 1. The maximum absolute atomic E-state index is 12.1. The standard InChI is InChI=1S/C12H23NO/c1-8(13)9(11(2,3)4)10(14)12(5,6)7/h13H2,1-7H3/b9-8+. The first kappa shape index (κ1) is 13.2. The average Bonchev–Trinajstić information content (AvgIpc) is 1.79. The zero-order valence-corrected chi connectivity index (χ0v) is 10.5. The van der Waals surface area contributed by atoms with Gasteiger partial charge >= 0.3 is 0 Å². The Bertz CT molecular complexity index is 257. The van der Waals surface area contributed by atoms with Gasteiger partial charge in [-0.15, -0.1) is 0 Å². The van der Waals surface area contributed by atoms with Crippen LogP contribution in [0.5, 0.6) is 0 Å². The fourth-order valence-corrected chi connectivity index (χ4v) is 1.49. The summed E-state index contributed by atoms with van der Waals surface area (Å²) in [6.45, 7) is 13.6. The van der Waals surface area contributed by atoms with E-state index in [9.17, 15) is 4.79 Å². The molecular formula is C12H23NO. The summed E-state index contributed by atoms with van der Waals surface area (Å²) in [4.78, 5) is 12.1. The molecule has 2 heteroatoms. The third-order valence-electron chi connectivity index (χ3n) is 2.05. The van der Waals surface area contributed by atoms with Gasteiger partial charge in [-0.1, -0.05) is 41.5 Å². The predicted octanol–water partition coefficient (Wildman–Crippen LogP) is 2.88. The molecule has 2 nitrogen and oxygen atoms in total. The van der Waals surface area contributed by atoms with Crippen LogP contribution >= 0.6 is 0 Å². The van der Waals surface area contributed by atoms with E-state index < -0.39 is 0 Å². The Kier molecular flexibility index (Phi) is 3.54. The van der Waals surface area contributed by atoms with E-state index in [1.807, 2.05) is 41.5 Å². The summed E-state index contributed by atoms with van der Waals surface area (Å²) < 4.78 is 0. The van der Waals surface area contributed by atoms with Gasteiger partial charge < -0.3 is 5.73 Å². The summed E-state index contributed by atoms with van der Waals surface area (Å²) in [6.07, 6.45) is 0. The zero-order chi connectivity index (χ0) is 11.7. The molecule has 0 aromatic heterocycles. The summed E-state index contributed by atoms with van der Waals surface area (Å²) in [7, 11) is 0. The number of Topliss-reactive ketones (excluding diaryl/α,β-unsaturated/α-hetero) is 1. The van der Waals surface area contributed by atoms with Crippen LogP contribution in [0.4, 0.5) is 0 Å². The molecule has 0 radical (unpaired) electrons. The highest BCUT2D eigenvalue weighted by Gasteiger charge is 2.32. The first-order valence-electron chi connectivity index (χ1n) is 4.99. The van der Waals surface area contributed by atoms with Crippen molar-refractivity contribution in [3.05, 3.63) is 11.3 Å². The highest BCUT2D eigenvalue weighted by molar-refractivity contribution is 6.00. The number of carbonyl (C=O) groups excluding carboxylic acids is 1. The Morgan fingerprint density at radius 3 is 1.36 bits per heavy atom. The van der Waals surface area contributed by atoms with E-state index in [1.54, 1.807) is 6.92 Å². The molecule has 0 fully saturated rings. The van der Waals surface area contributed by atoms with Gasteiger partial charge in [0.15, 0.2) is 5.78 Å². The molecule has 0 aliphatic rings. The van der Waals surface area contributed by atoms with Crippen LogP contribution in [0.3, 0.4) is 0 Å². The summed E-state index contributed by atoms with van der Waals surface area (Å²) in [5.41, 5.74) is 6.64. The minimum Gasteiger partial charge on any atom is -0.402 e. The topological polar surface area (TPSA) is 43.1 Å². The van der Waals surface area contributed by atoms with Crippen LogP contribution in [0.2, 0.25) is 0 Å². The van der Waals surface area contributed by atoms with E-state index in [0.29, 0.717) is 5.70 Å². The van der Waals surface area contributed by atoms with Gasteiger partial charge in [0, 0.05) is 16.7 Å². The summed E-state index contributed by atoms with van der Waals surface area (Å²) in [5, 5.41) is 0. The van der Waals surface area contributed by atoms with Crippen LogP contribution in [-0.2, 0) is 4.79 Å². The van der Waals surface area contributed by atoms with Crippen molar-refractivity contribution in [1.29, 1.82) is 0 Å². The van der Waals surface area contributed by atoms with Crippen molar-refractivity contribution in [2.24, 2.45) is 16.6 Å². The van der Waals surface area contributed by atoms with Gasteiger partial charge in [0.2, 0.25) is 0 Å². The molecule has 0 atom stereocenters. The van der Waals surface area contributed by atoms with Crippen LogP contribution in [-0.4, -0.2) is 5.78 Å². The lowest BCUT2D eigenvalue weighted by Crippen LogP contribution is -2.31. The largest absolute Gasteiger partial charge is 0.402 e. The van der Waals surface area contributed by atoms with Crippen molar-refractivity contribution in [1.82, 2.24) is 0 Å². The van der Waals surface area contributed by atoms with E-state index >= 15 is 0 Å². The quantitative estimate of drug-likeness (QED) is 0.657.